The molecule has 2 aromatic heterocycles. The summed E-state index contributed by atoms with van der Waals surface area (Å²) in [5.74, 6) is 1.46. The third-order valence-electron chi connectivity index (χ3n) is 3.44. The minimum Gasteiger partial charge on any atom is -0.472 e. The summed E-state index contributed by atoms with van der Waals surface area (Å²) in [4.78, 5) is 9.06. The number of ether oxygens (including phenoxy) is 1. The molecule has 4 heteroatoms. The topological polar surface area (TPSA) is 48.2 Å². The number of hydrogen-bond donors (Lipinski definition) is 0. The first-order chi connectivity index (χ1) is 9.90. The molecule has 0 bridgehead atoms. The molecule has 1 aliphatic rings. The maximum Gasteiger partial charge on any atom is 0.241 e. The lowest BCUT2D eigenvalue weighted by atomic mass is 10.1. The zero-order valence-electron chi connectivity index (χ0n) is 10.7. The number of hydrogen-bond acceptors (Lipinski definition) is 4. The fourth-order valence-electron chi connectivity index (χ4n) is 2.37. The van der Waals surface area contributed by atoms with Gasteiger partial charge in [-0.25, -0.2) is 4.98 Å². The molecular weight excluding hydrogens is 252 g/mol. The fourth-order valence-corrected chi connectivity index (χ4v) is 2.37. The minimum atomic E-state index is 0.591. The van der Waals surface area contributed by atoms with Crippen molar-refractivity contribution >= 4 is 0 Å². The van der Waals surface area contributed by atoms with Crippen LogP contribution in [-0.2, 0) is 12.8 Å². The Kier molecular flexibility index (Phi) is 2.52. The van der Waals surface area contributed by atoms with Crippen LogP contribution in [-0.4, -0.2) is 9.97 Å². The first kappa shape index (κ1) is 11.2. The highest BCUT2D eigenvalue weighted by atomic mass is 16.5. The van der Waals surface area contributed by atoms with Gasteiger partial charge in [0.2, 0.25) is 5.88 Å². The van der Waals surface area contributed by atoms with E-state index in [0.29, 0.717) is 5.88 Å². The Morgan fingerprint density at radius 2 is 2.00 bits per heavy atom. The van der Waals surface area contributed by atoms with Gasteiger partial charge in [0.1, 0.15) is 11.4 Å². The third kappa shape index (κ3) is 1.86. The highest BCUT2D eigenvalue weighted by Gasteiger charge is 2.17. The second kappa shape index (κ2) is 4.49. The molecule has 0 saturated carbocycles. The van der Waals surface area contributed by atoms with Crippen LogP contribution in [0, 0.1) is 0 Å². The van der Waals surface area contributed by atoms with Crippen molar-refractivity contribution in [3.05, 3.63) is 60.3 Å². The Morgan fingerprint density at radius 1 is 1.05 bits per heavy atom. The summed E-state index contributed by atoms with van der Waals surface area (Å²) < 4.78 is 11.0. The molecule has 0 radical (unpaired) electrons. The molecule has 98 valence electrons. The molecule has 0 amide bonds. The summed E-state index contributed by atoms with van der Waals surface area (Å²) in [6, 6.07) is 9.91. The number of fused-ring (bicyclic) bond motifs is 2. The number of para-hydroxylation sites is 1. The van der Waals surface area contributed by atoms with Crippen LogP contribution >= 0.6 is 0 Å². The quantitative estimate of drug-likeness (QED) is 0.673. The van der Waals surface area contributed by atoms with E-state index in [1.807, 2.05) is 24.3 Å². The van der Waals surface area contributed by atoms with Gasteiger partial charge in [0.05, 0.1) is 24.4 Å². The zero-order valence-corrected chi connectivity index (χ0v) is 10.7. The van der Waals surface area contributed by atoms with E-state index >= 15 is 0 Å². The van der Waals surface area contributed by atoms with Gasteiger partial charge in [-0.1, -0.05) is 18.2 Å². The van der Waals surface area contributed by atoms with E-state index < -0.39 is 0 Å². The van der Waals surface area contributed by atoms with Crippen LogP contribution in [0.25, 0.3) is 11.3 Å². The summed E-state index contributed by atoms with van der Waals surface area (Å²) in [7, 11) is 0. The average molecular weight is 264 g/mol. The number of aryl methyl sites for hydroxylation is 2. The number of nitrogens with zero attached hydrogens (tertiary/aromatic N) is 2. The van der Waals surface area contributed by atoms with Crippen LogP contribution in [0.5, 0.6) is 11.6 Å². The number of furan rings is 1. The number of aromatic nitrogens is 2. The minimum absolute atomic E-state index is 0.591. The monoisotopic (exact) mass is 264 g/mol. The lowest BCUT2D eigenvalue weighted by Gasteiger charge is -2.07. The van der Waals surface area contributed by atoms with Crippen LogP contribution in [0.2, 0.25) is 0 Å². The number of benzene rings is 1. The second-order valence-electron chi connectivity index (χ2n) is 4.73. The Bertz CT molecular complexity index is 751. The molecule has 3 heterocycles. The highest BCUT2D eigenvalue weighted by molar-refractivity contribution is 5.57. The van der Waals surface area contributed by atoms with Crippen molar-refractivity contribution in [2.45, 2.75) is 12.8 Å². The van der Waals surface area contributed by atoms with E-state index in [9.17, 15) is 0 Å². The van der Waals surface area contributed by atoms with Crippen molar-refractivity contribution in [3.8, 4) is 22.9 Å². The molecule has 4 rings (SSSR count). The molecule has 0 saturated heterocycles. The smallest absolute Gasteiger partial charge is 0.241 e. The first-order valence-corrected chi connectivity index (χ1v) is 6.54. The molecule has 1 aromatic carbocycles. The number of rotatable bonds is 1. The Hall–Kier alpha value is -2.62. The normalized spacial score (nSPS) is 13.0. The molecule has 3 aromatic rings. The fraction of sp³-hybridized carbons (Fsp3) is 0.125. The zero-order chi connectivity index (χ0) is 13.4. The highest BCUT2D eigenvalue weighted by Crippen LogP contribution is 2.32. The summed E-state index contributed by atoms with van der Waals surface area (Å²) in [6.45, 7) is 0. The van der Waals surface area contributed by atoms with Gasteiger partial charge in [-0.2, -0.15) is 0 Å². The standard InChI is InChI=1S/C16H12N2O2/c1-2-4-15-11(3-1)5-6-13-16(20-15)18-14(9-17-13)12-7-8-19-10-12/h1-4,7-10H,5-6H2. The van der Waals surface area contributed by atoms with E-state index in [1.54, 1.807) is 18.7 Å². The van der Waals surface area contributed by atoms with Gasteiger partial charge >= 0.3 is 0 Å². The van der Waals surface area contributed by atoms with E-state index in [2.05, 4.69) is 16.0 Å². The summed E-state index contributed by atoms with van der Waals surface area (Å²) in [6.07, 6.45) is 6.80. The predicted molar refractivity (Wildman–Crippen MR) is 73.7 cm³/mol. The van der Waals surface area contributed by atoms with Crippen molar-refractivity contribution < 1.29 is 9.15 Å². The van der Waals surface area contributed by atoms with Gasteiger partial charge < -0.3 is 9.15 Å². The lowest BCUT2D eigenvalue weighted by Crippen LogP contribution is -1.97. The van der Waals surface area contributed by atoms with Crippen molar-refractivity contribution in [1.29, 1.82) is 0 Å². The average Bonchev–Trinajstić information content (AvgIpc) is 2.95. The van der Waals surface area contributed by atoms with Crippen LogP contribution in [0.1, 0.15) is 11.3 Å². The van der Waals surface area contributed by atoms with Crippen molar-refractivity contribution in [2.24, 2.45) is 0 Å². The second-order valence-corrected chi connectivity index (χ2v) is 4.73. The third-order valence-corrected chi connectivity index (χ3v) is 3.44. The maximum absolute atomic E-state index is 5.94. The van der Waals surface area contributed by atoms with E-state index in [1.165, 1.54) is 5.56 Å². The molecule has 0 fully saturated rings. The maximum atomic E-state index is 5.94. The van der Waals surface area contributed by atoms with Gasteiger partial charge in [-0.05, 0) is 30.5 Å². The Morgan fingerprint density at radius 3 is 2.90 bits per heavy atom. The van der Waals surface area contributed by atoms with E-state index in [0.717, 1.165) is 35.5 Å². The summed E-state index contributed by atoms with van der Waals surface area (Å²) >= 11 is 0. The van der Waals surface area contributed by atoms with E-state index in [4.69, 9.17) is 9.15 Å². The van der Waals surface area contributed by atoms with Gasteiger partial charge in [-0.3, -0.25) is 4.98 Å². The van der Waals surface area contributed by atoms with Gasteiger partial charge in [0.25, 0.3) is 0 Å². The van der Waals surface area contributed by atoms with E-state index in [-0.39, 0.29) is 0 Å². The van der Waals surface area contributed by atoms with Crippen molar-refractivity contribution in [3.63, 3.8) is 0 Å². The first-order valence-electron chi connectivity index (χ1n) is 6.54. The molecule has 0 unspecified atom stereocenters. The molecule has 0 spiro atoms. The van der Waals surface area contributed by atoms with Crippen LogP contribution < -0.4 is 4.74 Å². The molecular formula is C16H12N2O2. The summed E-state index contributed by atoms with van der Waals surface area (Å²) in [5, 5.41) is 0. The molecule has 0 aliphatic carbocycles. The Balaban J connectivity index is 1.79. The van der Waals surface area contributed by atoms with Gasteiger partial charge in [-0.15, -0.1) is 0 Å². The van der Waals surface area contributed by atoms with Crippen molar-refractivity contribution in [1.82, 2.24) is 9.97 Å². The molecule has 0 N–H and O–H groups in total. The van der Waals surface area contributed by atoms with Crippen LogP contribution in [0.4, 0.5) is 0 Å². The summed E-state index contributed by atoms with van der Waals surface area (Å²) in [5.41, 5.74) is 3.75. The van der Waals surface area contributed by atoms with Crippen LogP contribution in [0.3, 0.4) is 0 Å². The molecule has 1 aliphatic heterocycles. The predicted octanol–water partition coefficient (Wildman–Crippen LogP) is 3.63. The molecule has 4 nitrogen and oxygen atoms in total. The Labute approximate surface area is 116 Å². The largest absolute Gasteiger partial charge is 0.472 e. The lowest BCUT2D eigenvalue weighted by molar-refractivity contribution is 0.457. The molecule has 20 heavy (non-hydrogen) atoms. The van der Waals surface area contributed by atoms with Gasteiger partial charge in [0.15, 0.2) is 0 Å². The van der Waals surface area contributed by atoms with Gasteiger partial charge in [0, 0.05) is 5.56 Å². The van der Waals surface area contributed by atoms with Crippen LogP contribution in [0.15, 0.2) is 53.5 Å². The molecule has 0 atom stereocenters. The SMILES string of the molecule is c1ccc2c(c1)CCc1ncc(-c3ccoc3)nc1O2. The van der Waals surface area contributed by atoms with Crippen molar-refractivity contribution in [2.75, 3.05) is 0 Å².